The van der Waals surface area contributed by atoms with Gasteiger partial charge in [0.15, 0.2) is 9.63 Å². The maximum absolute atomic E-state index is 11.9. The Hall–Kier alpha value is -1.63. The molecule has 1 fully saturated rings. The van der Waals surface area contributed by atoms with Crippen molar-refractivity contribution in [3.05, 3.63) is 50.8 Å². The minimum Gasteiger partial charge on any atom is -0.300 e. The number of thioether (sulfide) groups is 1. The van der Waals surface area contributed by atoms with E-state index in [1.54, 1.807) is 12.3 Å². The molecule has 1 aliphatic rings. The SMILES string of the molecule is O=C1N/C(=N/c2ccccc2)S/C1=C\c1cnc(Cl)s1. The van der Waals surface area contributed by atoms with Crippen LogP contribution in [-0.2, 0) is 4.79 Å². The smallest absolute Gasteiger partial charge is 0.264 e. The van der Waals surface area contributed by atoms with E-state index in [-0.39, 0.29) is 5.91 Å². The fourth-order valence-corrected chi connectivity index (χ4v) is 3.37. The van der Waals surface area contributed by atoms with Crippen molar-refractivity contribution in [2.24, 2.45) is 4.99 Å². The lowest BCUT2D eigenvalue weighted by atomic mass is 10.3. The van der Waals surface area contributed by atoms with Crippen LogP contribution in [0.25, 0.3) is 6.08 Å². The van der Waals surface area contributed by atoms with Gasteiger partial charge in [-0.1, -0.05) is 29.8 Å². The van der Waals surface area contributed by atoms with E-state index in [9.17, 15) is 4.79 Å². The maximum atomic E-state index is 11.9. The number of carbonyl (C=O) groups excluding carboxylic acids is 1. The number of nitrogens with zero attached hydrogens (tertiary/aromatic N) is 2. The molecule has 3 rings (SSSR count). The molecular weight excluding hydrogens is 314 g/mol. The number of amides is 1. The zero-order chi connectivity index (χ0) is 13.9. The molecule has 100 valence electrons. The van der Waals surface area contributed by atoms with Crippen LogP contribution in [0.5, 0.6) is 0 Å². The van der Waals surface area contributed by atoms with Crippen LogP contribution in [0.4, 0.5) is 5.69 Å². The molecule has 2 heterocycles. The van der Waals surface area contributed by atoms with Crippen LogP contribution in [0.15, 0.2) is 46.4 Å². The van der Waals surface area contributed by atoms with Crippen molar-refractivity contribution in [2.75, 3.05) is 0 Å². The van der Waals surface area contributed by atoms with Gasteiger partial charge < -0.3 is 5.32 Å². The number of amidine groups is 1. The molecule has 20 heavy (non-hydrogen) atoms. The molecule has 1 N–H and O–H groups in total. The Bertz CT molecular complexity index is 709. The molecule has 0 radical (unpaired) electrons. The fraction of sp³-hybridized carbons (Fsp3) is 0. The predicted octanol–water partition coefficient (Wildman–Crippen LogP) is 3.69. The quantitative estimate of drug-likeness (QED) is 0.858. The van der Waals surface area contributed by atoms with E-state index in [2.05, 4.69) is 15.3 Å². The van der Waals surface area contributed by atoms with Gasteiger partial charge in [0.2, 0.25) is 0 Å². The van der Waals surface area contributed by atoms with Crippen molar-refractivity contribution >= 4 is 57.5 Å². The number of carbonyl (C=O) groups is 1. The van der Waals surface area contributed by atoms with Gasteiger partial charge in [-0.05, 0) is 30.0 Å². The van der Waals surface area contributed by atoms with Crippen LogP contribution in [0.2, 0.25) is 4.47 Å². The van der Waals surface area contributed by atoms with Gasteiger partial charge >= 0.3 is 0 Å². The summed E-state index contributed by atoms with van der Waals surface area (Å²) in [5.74, 6) is -0.158. The Morgan fingerprint density at radius 1 is 1.30 bits per heavy atom. The van der Waals surface area contributed by atoms with Gasteiger partial charge in [0, 0.05) is 11.1 Å². The van der Waals surface area contributed by atoms with E-state index in [4.69, 9.17) is 11.6 Å². The highest BCUT2D eigenvalue weighted by Gasteiger charge is 2.24. The monoisotopic (exact) mass is 321 g/mol. The largest absolute Gasteiger partial charge is 0.300 e. The number of aliphatic imine (C=N–C) groups is 1. The number of halogens is 1. The Kier molecular flexibility index (Phi) is 3.86. The van der Waals surface area contributed by atoms with Gasteiger partial charge in [-0.3, -0.25) is 4.79 Å². The van der Waals surface area contributed by atoms with Gasteiger partial charge in [0.25, 0.3) is 5.91 Å². The summed E-state index contributed by atoms with van der Waals surface area (Å²) in [6, 6.07) is 9.48. The summed E-state index contributed by atoms with van der Waals surface area (Å²) in [7, 11) is 0. The van der Waals surface area contributed by atoms with Gasteiger partial charge in [0.05, 0.1) is 10.6 Å². The highest BCUT2D eigenvalue weighted by atomic mass is 35.5. The van der Waals surface area contributed by atoms with Crippen molar-refractivity contribution in [1.29, 1.82) is 0 Å². The molecule has 2 aromatic rings. The second kappa shape index (κ2) is 5.78. The topological polar surface area (TPSA) is 54.4 Å². The molecule has 4 nitrogen and oxygen atoms in total. The van der Waals surface area contributed by atoms with Crippen LogP contribution >= 0.6 is 34.7 Å². The number of rotatable bonds is 2. The number of hydrogen-bond acceptors (Lipinski definition) is 5. The van der Waals surface area contributed by atoms with Crippen LogP contribution < -0.4 is 5.32 Å². The number of benzene rings is 1. The van der Waals surface area contributed by atoms with E-state index in [0.29, 0.717) is 14.5 Å². The second-order valence-corrected chi connectivity index (χ2v) is 6.51. The van der Waals surface area contributed by atoms with E-state index in [1.165, 1.54) is 23.1 Å². The Labute approximate surface area is 128 Å². The van der Waals surface area contributed by atoms with Crippen molar-refractivity contribution < 1.29 is 4.79 Å². The van der Waals surface area contributed by atoms with Gasteiger partial charge in [-0.2, -0.15) is 0 Å². The maximum Gasteiger partial charge on any atom is 0.264 e. The normalized spacial score (nSPS) is 18.8. The summed E-state index contributed by atoms with van der Waals surface area (Å²) in [6.07, 6.45) is 3.40. The average Bonchev–Trinajstić information content (AvgIpc) is 2.98. The van der Waals surface area contributed by atoms with Crippen LogP contribution in [0, 0.1) is 0 Å². The van der Waals surface area contributed by atoms with Crippen LogP contribution in [-0.4, -0.2) is 16.1 Å². The zero-order valence-electron chi connectivity index (χ0n) is 10.0. The second-order valence-electron chi connectivity index (χ2n) is 3.83. The molecule has 1 aromatic heterocycles. The number of hydrogen-bond donors (Lipinski definition) is 1. The highest BCUT2D eigenvalue weighted by molar-refractivity contribution is 8.18. The molecule has 1 aromatic carbocycles. The number of para-hydroxylation sites is 1. The van der Waals surface area contributed by atoms with Gasteiger partial charge in [-0.15, -0.1) is 11.3 Å². The first kappa shape index (κ1) is 13.4. The summed E-state index contributed by atoms with van der Waals surface area (Å²) >= 11 is 8.40. The van der Waals surface area contributed by atoms with Gasteiger partial charge in [-0.25, -0.2) is 9.98 Å². The molecule has 1 saturated heterocycles. The van der Waals surface area contributed by atoms with E-state index >= 15 is 0 Å². The molecule has 0 unspecified atom stereocenters. The number of aromatic nitrogens is 1. The molecular formula is C13H8ClN3OS2. The van der Waals surface area contributed by atoms with E-state index in [0.717, 1.165) is 10.6 Å². The Morgan fingerprint density at radius 3 is 2.80 bits per heavy atom. The van der Waals surface area contributed by atoms with Crippen molar-refractivity contribution in [3.63, 3.8) is 0 Å². The summed E-state index contributed by atoms with van der Waals surface area (Å²) in [5.41, 5.74) is 0.803. The fourth-order valence-electron chi connectivity index (χ4n) is 1.56. The lowest BCUT2D eigenvalue weighted by molar-refractivity contribution is -0.115. The molecule has 0 aliphatic carbocycles. The van der Waals surface area contributed by atoms with Crippen LogP contribution in [0.1, 0.15) is 4.88 Å². The third-order valence-corrected chi connectivity index (χ3v) is 4.38. The van der Waals surface area contributed by atoms with E-state index in [1.807, 2.05) is 30.3 Å². The first-order valence-electron chi connectivity index (χ1n) is 5.67. The summed E-state index contributed by atoms with van der Waals surface area (Å²) in [4.78, 5) is 21.6. The zero-order valence-corrected chi connectivity index (χ0v) is 12.4. The Balaban J connectivity index is 1.82. The van der Waals surface area contributed by atoms with Crippen molar-refractivity contribution in [2.45, 2.75) is 0 Å². The third kappa shape index (κ3) is 3.09. The van der Waals surface area contributed by atoms with E-state index < -0.39 is 0 Å². The lowest BCUT2D eigenvalue weighted by Gasteiger charge is -1.94. The van der Waals surface area contributed by atoms with Gasteiger partial charge in [0.1, 0.15) is 0 Å². The molecule has 7 heteroatoms. The summed E-state index contributed by atoms with van der Waals surface area (Å²) < 4.78 is 0.457. The molecule has 0 spiro atoms. The molecule has 0 atom stereocenters. The number of nitrogens with one attached hydrogen (secondary N) is 1. The molecule has 0 saturated carbocycles. The lowest BCUT2D eigenvalue weighted by Crippen LogP contribution is -2.19. The molecule has 0 bridgehead atoms. The number of thiazole rings is 1. The molecule has 1 amide bonds. The van der Waals surface area contributed by atoms with Crippen LogP contribution in [0.3, 0.4) is 0 Å². The third-order valence-electron chi connectivity index (χ3n) is 2.41. The summed E-state index contributed by atoms with van der Waals surface area (Å²) in [6.45, 7) is 0. The standard InChI is InChI=1S/C13H8ClN3OS2/c14-12-15-7-9(19-12)6-10-11(18)17-13(20-10)16-8-4-2-1-3-5-8/h1-7H,(H,16,17,18)/b10-6-. The Morgan fingerprint density at radius 2 is 2.10 bits per heavy atom. The average molecular weight is 322 g/mol. The highest BCUT2D eigenvalue weighted by Crippen LogP contribution is 2.29. The first-order chi connectivity index (χ1) is 9.70. The van der Waals surface area contributed by atoms with Crippen molar-refractivity contribution in [3.8, 4) is 0 Å². The predicted molar refractivity (Wildman–Crippen MR) is 84.4 cm³/mol. The first-order valence-corrected chi connectivity index (χ1v) is 7.68. The molecule has 1 aliphatic heterocycles. The minimum absolute atomic E-state index is 0.158. The summed E-state index contributed by atoms with van der Waals surface area (Å²) in [5, 5.41) is 3.31. The minimum atomic E-state index is -0.158. The van der Waals surface area contributed by atoms with Crippen molar-refractivity contribution in [1.82, 2.24) is 10.3 Å².